The van der Waals surface area contributed by atoms with Gasteiger partial charge < -0.3 is 35.2 Å². The van der Waals surface area contributed by atoms with E-state index in [4.69, 9.17) is 14.3 Å². The second-order valence-corrected chi connectivity index (χ2v) is 12.4. The summed E-state index contributed by atoms with van der Waals surface area (Å²) in [5.74, 6) is -6.51. The Morgan fingerprint density at radius 2 is 1.17 bits per heavy atom. The number of hydrogen-bond donors (Lipinski definition) is 4. The maximum absolute atomic E-state index is 12.9. The Hall–Kier alpha value is -4.59. The van der Waals surface area contributed by atoms with Gasteiger partial charge in [0, 0.05) is 36.5 Å². The lowest BCUT2D eigenvalue weighted by molar-refractivity contribution is -0.151. The third-order valence-electron chi connectivity index (χ3n) is 6.98. The van der Waals surface area contributed by atoms with Crippen LogP contribution in [0.3, 0.4) is 0 Å². The maximum Gasteiger partial charge on any atom is 0.352 e. The van der Waals surface area contributed by atoms with Crippen LogP contribution in [0.4, 0.5) is 0 Å². The number of carbonyl (C=O) groups excluding carboxylic acids is 6. The fraction of sp³-hybridized carbons (Fsp3) is 0.500. The lowest BCUT2D eigenvalue weighted by atomic mass is 10.0. The molecule has 4 rings (SSSR count). The molecule has 248 valence electrons. The van der Waals surface area contributed by atoms with Crippen molar-refractivity contribution < 1.29 is 62.9 Å². The lowest BCUT2D eigenvalue weighted by Crippen LogP contribution is -2.71. The SMILES string of the molecule is CON=C(CC(=O)N[C@@H]1C(=O)N2C(C(=O)O)=C(COC(C)=O)CS[C@H]12)CC(=O)N[C@@H]1C(=O)N2C(C(=O)O)=C(COC(C)=O)CS[C@H]12. The van der Waals surface area contributed by atoms with E-state index in [-0.39, 0.29) is 53.0 Å². The van der Waals surface area contributed by atoms with Crippen molar-refractivity contribution in [3.05, 3.63) is 22.5 Å². The summed E-state index contributed by atoms with van der Waals surface area (Å²) >= 11 is 2.35. The van der Waals surface area contributed by atoms with Crippen LogP contribution < -0.4 is 10.6 Å². The molecule has 0 spiro atoms. The van der Waals surface area contributed by atoms with Crippen LogP contribution in [-0.2, 0) is 52.7 Å². The molecule has 4 atom stereocenters. The molecule has 18 nitrogen and oxygen atoms in total. The molecule has 0 radical (unpaired) electrons. The summed E-state index contributed by atoms with van der Waals surface area (Å²) in [6.07, 6.45) is -0.952. The van der Waals surface area contributed by atoms with Crippen molar-refractivity contribution in [3.8, 4) is 0 Å². The molecule has 0 aromatic heterocycles. The number of aliphatic carboxylic acids is 2. The van der Waals surface area contributed by atoms with E-state index in [0.29, 0.717) is 0 Å². The molecule has 4 heterocycles. The van der Waals surface area contributed by atoms with Gasteiger partial charge in [-0.3, -0.25) is 38.6 Å². The highest BCUT2D eigenvalue weighted by atomic mass is 32.2. The van der Waals surface area contributed by atoms with Crippen LogP contribution in [-0.4, -0.2) is 128 Å². The minimum Gasteiger partial charge on any atom is -0.477 e. The highest BCUT2D eigenvalue weighted by molar-refractivity contribution is 8.00. The highest BCUT2D eigenvalue weighted by Crippen LogP contribution is 2.41. The quantitative estimate of drug-likeness (QED) is 0.0737. The van der Waals surface area contributed by atoms with Gasteiger partial charge in [0.15, 0.2) is 0 Å². The molecule has 4 N–H and O–H groups in total. The standard InChI is InChI=1S/C26H29N5O13S2/c1-10(32)43-6-12-8-45-23-17(21(36)30(23)19(12)25(38)39)27-15(34)4-14(29-42-3)5-16(35)28-18-22(37)31-20(26(40)41)13(7-44-11(2)33)9-46-24(18)31/h17-18,23-24H,4-9H2,1-3H3,(H,27,34)(H,28,35)(H,38,39)(H,40,41)/t17-,18-,23-,24-/m1/s1. The number of β-lactam (4-membered cyclic amide) rings is 2. The van der Waals surface area contributed by atoms with Crippen molar-refractivity contribution in [2.75, 3.05) is 31.8 Å². The average molecular weight is 684 g/mol. The van der Waals surface area contributed by atoms with Gasteiger partial charge in [-0.25, -0.2) is 9.59 Å². The topological polar surface area (TPSA) is 248 Å². The Morgan fingerprint density at radius 3 is 1.50 bits per heavy atom. The molecule has 4 amide bonds. The number of rotatable bonds is 13. The van der Waals surface area contributed by atoms with Crippen molar-refractivity contribution in [1.82, 2.24) is 20.4 Å². The van der Waals surface area contributed by atoms with Crippen LogP contribution in [0.1, 0.15) is 26.7 Å². The van der Waals surface area contributed by atoms with Gasteiger partial charge in [-0.15, -0.1) is 23.5 Å². The van der Waals surface area contributed by atoms with Crippen molar-refractivity contribution in [2.24, 2.45) is 5.16 Å². The predicted molar refractivity (Wildman–Crippen MR) is 156 cm³/mol. The van der Waals surface area contributed by atoms with Gasteiger partial charge in [0.1, 0.15) is 54.5 Å². The fourth-order valence-electron chi connectivity index (χ4n) is 5.04. The second-order valence-electron chi connectivity index (χ2n) is 10.2. The Kier molecular flexibility index (Phi) is 10.6. The lowest BCUT2D eigenvalue weighted by Gasteiger charge is -2.49. The maximum atomic E-state index is 12.9. The van der Waals surface area contributed by atoms with Gasteiger partial charge in [0.05, 0.1) is 18.6 Å². The van der Waals surface area contributed by atoms with Crippen LogP contribution in [0.15, 0.2) is 27.7 Å². The van der Waals surface area contributed by atoms with Gasteiger partial charge in [-0.05, 0) is 0 Å². The molecule has 0 aromatic carbocycles. The number of carboxylic acids is 2. The number of hydrogen-bond acceptors (Lipinski definition) is 14. The number of esters is 2. The van der Waals surface area contributed by atoms with Crippen molar-refractivity contribution >= 4 is 76.7 Å². The molecule has 0 aliphatic carbocycles. The highest BCUT2D eigenvalue weighted by Gasteiger charge is 2.55. The van der Waals surface area contributed by atoms with E-state index >= 15 is 0 Å². The van der Waals surface area contributed by atoms with E-state index < -0.39 is 83.2 Å². The zero-order chi connectivity index (χ0) is 33.9. The van der Waals surface area contributed by atoms with E-state index in [1.54, 1.807) is 0 Å². The number of amides is 4. The predicted octanol–water partition coefficient (Wildman–Crippen LogP) is -1.63. The molecule has 0 aromatic rings. The number of carboxylic acid groups (broad SMARTS) is 2. The zero-order valence-electron chi connectivity index (χ0n) is 24.6. The third kappa shape index (κ3) is 7.11. The first-order valence-electron chi connectivity index (χ1n) is 13.5. The molecule has 0 saturated carbocycles. The summed E-state index contributed by atoms with van der Waals surface area (Å²) in [6, 6.07) is -2.13. The number of fused-ring (bicyclic) bond motifs is 2. The second kappa shape index (κ2) is 14.2. The summed E-state index contributed by atoms with van der Waals surface area (Å²) in [4.78, 5) is 104. The van der Waals surface area contributed by atoms with Gasteiger partial charge in [0.25, 0.3) is 11.8 Å². The van der Waals surface area contributed by atoms with Gasteiger partial charge in [-0.1, -0.05) is 5.16 Å². The van der Waals surface area contributed by atoms with E-state index in [0.717, 1.165) is 9.80 Å². The average Bonchev–Trinajstić information content (AvgIpc) is 2.99. The minimum atomic E-state index is -1.39. The smallest absolute Gasteiger partial charge is 0.352 e. The van der Waals surface area contributed by atoms with Crippen LogP contribution in [0.5, 0.6) is 0 Å². The summed E-state index contributed by atoms with van der Waals surface area (Å²) in [5, 5.41) is 26.6. The third-order valence-corrected chi connectivity index (χ3v) is 9.66. The molecular weight excluding hydrogens is 654 g/mol. The van der Waals surface area contributed by atoms with E-state index in [1.807, 2.05) is 0 Å². The van der Waals surface area contributed by atoms with Crippen LogP contribution in [0.2, 0.25) is 0 Å². The Morgan fingerprint density at radius 1 is 0.783 bits per heavy atom. The van der Waals surface area contributed by atoms with Gasteiger partial charge >= 0.3 is 23.9 Å². The monoisotopic (exact) mass is 683 g/mol. The molecule has 20 heteroatoms. The van der Waals surface area contributed by atoms with E-state index in [2.05, 4.69) is 15.8 Å². The Balaban J connectivity index is 1.33. The number of ether oxygens (including phenoxy) is 2. The fourth-order valence-corrected chi connectivity index (χ4v) is 7.70. The molecule has 2 saturated heterocycles. The normalized spacial score (nSPS) is 23.2. The number of thioether (sulfide) groups is 2. The van der Waals surface area contributed by atoms with Crippen molar-refractivity contribution in [2.45, 2.75) is 49.5 Å². The first-order chi connectivity index (χ1) is 21.7. The van der Waals surface area contributed by atoms with Gasteiger partial charge in [0.2, 0.25) is 11.8 Å². The summed E-state index contributed by atoms with van der Waals surface area (Å²) in [7, 11) is 1.19. The van der Waals surface area contributed by atoms with E-state index in [1.165, 1.54) is 44.5 Å². The Labute approximate surface area is 268 Å². The zero-order valence-corrected chi connectivity index (χ0v) is 26.2. The molecule has 2 fully saturated rings. The molecule has 0 unspecified atom stereocenters. The summed E-state index contributed by atoms with van der Waals surface area (Å²) in [6.45, 7) is 1.74. The molecule has 0 bridgehead atoms. The summed E-state index contributed by atoms with van der Waals surface area (Å²) in [5.41, 5.74) is -0.210. The number of oxime groups is 1. The van der Waals surface area contributed by atoms with Crippen LogP contribution in [0.25, 0.3) is 0 Å². The molecular formula is C26H29N5O13S2. The van der Waals surface area contributed by atoms with Gasteiger partial charge in [-0.2, -0.15) is 0 Å². The number of nitrogens with zero attached hydrogens (tertiary/aromatic N) is 3. The molecule has 4 aliphatic heterocycles. The van der Waals surface area contributed by atoms with Crippen molar-refractivity contribution in [3.63, 3.8) is 0 Å². The number of carbonyl (C=O) groups is 8. The minimum absolute atomic E-state index is 0.0538. The van der Waals surface area contributed by atoms with Crippen LogP contribution in [0, 0.1) is 0 Å². The first-order valence-corrected chi connectivity index (χ1v) is 15.6. The van der Waals surface area contributed by atoms with Crippen molar-refractivity contribution in [1.29, 1.82) is 0 Å². The summed E-state index contributed by atoms with van der Waals surface area (Å²) < 4.78 is 9.79. The first kappa shape index (κ1) is 34.3. The largest absolute Gasteiger partial charge is 0.477 e. The molecule has 4 aliphatic rings. The Bertz CT molecular complexity index is 1390. The van der Waals surface area contributed by atoms with Crippen LogP contribution >= 0.6 is 23.5 Å². The number of nitrogens with one attached hydrogen (secondary N) is 2. The molecule has 46 heavy (non-hydrogen) atoms. The van der Waals surface area contributed by atoms with E-state index in [9.17, 15) is 48.6 Å².